The number of rotatable bonds is 5. The Morgan fingerprint density at radius 3 is 2.56 bits per heavy atom. The molecule has 0 unspecified atom stereocenters. The summed E-state index contributed by atoms with van der Waals surface area (Å²) in [5, 5.41) is 11.4. The number of pyridine rings is 1. The molecule has 2 N–H and O–H groups in total. The smallest absolute Gasteiger partial charge is 0.243 e. The quantitative estimate of drug-likeness (QED) is 0.469. The number of nitrogens with zero attached hydrogens (tertiary/aromatic N) is 7. The monoisotopic (exact) mass is 461 g/mol. The number of hydrogen-bond donors (Lipinski definition) is 2. The lowest BCUT2D eigenvalue weighted by molar-refractivity contribution is -0.129. The van der Waals surface area contributed by atoms with Crippen molar-refractivity contribution in [3.8, 4) is 11.3 Å². The van der Waals surface area contributed by atoms with Gasteiger partial charge in [0.1, 0.15) is 16.9 Å². The molecule has 1 amide bonds. The van der Waals surface area contributed by atoms with Crippen molar-refractivity contribution in [3.63, 3.8) is 0 Å². The summed E-state index contributed by atoms with van der Waals surface area (Å²) in [6.07, 6.45) is 3.69. The van der Waals surface area contributed by atoms with E-state index in [0.717, 1.165) is 65.5 Å². The molecule has 5 rings (SSSR count). The van der Waals surface area contributed by atoms with Crippen molar-refractivity contribution in [3.05, 3.63) is 30.2 Å². The molecule has 1 aliphatic heterocycles. The maximum Gasteiger partial charge on any atom is 0.243 e. The Morgan fingerprint density at radius 2 is 1.88 bits per heavy atom. The van der Waals surface area contributed by atoms with E-state index in [1.54, 1.807) is 6.92 Å². The van der Waals surface area contributed by atoms with Crippen molar-refractivity contribution in [1.82, 2.24) is 34.0 Å². The summed E-state index contributed by atoms with van der Waals surface area (Å²) in [6, 6.07) is 6.55. The number of carbonyl (C=O) groups is 1. The van der Waals surface area contributed by atoms with Crippen LogP contribution in [0, 0.1) is 6.92 Å². The predicted octanol–water partition coefficient (Wildman–Crippen LogP) is 3.49. The highest BCUT2D eigenvalue weighted by atomic mass is 16.2. The summed E-state index contributed by atoms with van der Waals surface area (Å²) in [5.41, 5.74) is 4.46. The van der Waals surface area contributed by atoms with Gasteiger partial charge >= 0.3 is 0 Å². The Balaban J connectivity index is 1.49. The maximum atomic E-state index is 11.6. The first-order chi connectivity index (χ1) is 16.4. The standard InChI is InChI=1S/C24H31N9O/c1-14(2)33-15(3)26-20-7-6-19(28-23(20)33)18-10-13-32-21(18)22(25-5)29-24(30-32)27-17-8-11-31(12-9-17)16(4)34/h6-7,10,13-14,17H,8-9,11-12H2,1-5H3,(H2,25,27,29,30). The second-order valence-corrected chi connectivity index (χ2v) is 9.14. The number of amides is 1. The molecule has 0 radical (unpaired) electrons. The van der Waals surface area contributed by atoms with Crippen molar-refractivity contribution in [2.24, 2.45) is 0 Å². The van der Waals surface area contributed by atoms with Gasteiger partial charge in [0.15, 0.2) is 11.5 Å². The largest absolute Gasteiger partial charge is 0.371 e. The minimum atomic E-state index is 0.131. The molecule has 10 heteroatoms. The van der Waals surface area contributed by atoms with E-state index in [1.165, 1.54) is 0 Å². The first-order valence-electron chi connectivity index (χ1n) is 11.8. The number of carbonyl (C=O) groups excluding carboxylic acids is 1. The molecule has 0 atom stereocenters. The van der Waals surface area contributed by atoms with Gasteiger partial charge in [-0.15, -0.1) is 5.10 Å². The van der Waals surface area contributed by atoms with Crippen molar-refractivity contribution < 1.29 is 4.79 Å². The second-order valence-electron chi connectivity index (χ2n) is 9.14. The second kappa shape index (κ2) is 8.58. The zero-order valence-corrected chi connectivity index (χ0v) is 20.3. The van der Waals surface area contributed by atoms with Crippen LogP contribution < -0.4 is 10.6 Å². The first-order valence-corrected chi connectivity index (χ1v) is 11.8. The van der Waals surface area contributed by atoms with Gasteiger partial charge in [0.2, 0.25) is 11.9 Å². The van der Waals surface area contributed by atoms with Crippen LogP contribution in [0.15, 0.2) is 24.4 Å². The summed E-state index contributed by atoms with van der Waals surface area (Å²) in [4.78, 5) is 27.9. The molecule has 0 spiro atoms. The van der Waals surface area contributed by atoms with E-state index < -0.39 is 0 Å². The average molecular weight is 462 g/mol. The van der Waals surface area contributed by atoms with Gasteiger partial charge < -0.3 is 20.1 Å². The van der Waals surface area contributed by atoms with Crippen LogP contribution in [-0.2, 0) is 4.79 Å². The Bertz CT molecular complexity index is 1360. The van der Waals surface area contributed by atoms with Crippen molar-refractivity contribution in [2.45, 2.75) is 52.6 Å². The number of likely N-dealkylation sites (tertiary alicyclic amines) is 1. The van der Waals surface area contributed by atoms with Crippen LogP contribution in [0.25, 0.3) is 27.9 Å². The Hall–Kier alpha value is -3.69. The number of anilines is 2. The van der Waals surface area contributed by atoms with Gasteiger partial charge in [-0.1, -0.05) is 0 Å². The highest BCUT2D eigenvalue weighted by Crippen LogP contribution is 2.31. The van der Waals surface area contributed by atoms with E-state index in [1.807, 2.05) is 47.8 Å². The summed E-state index contributed by atoms with van der Waals surface area (Å²) in [6.45, 7) is 9.42. The molecule has 0 aromatic carbocycles. The zero-order valence-electron chi connectivity index (χ0n) is 20.3. The van der Waals surface area contributed by atoms with Crippen LogP contribution in [0.3, 0.4) is 0 Å². The fraction of sp³-hybridized carbons (Fsp3) is 0.458. The molecule has 178 valence electrons. The first kappa shape index (κ1) is 22.1. The topological polar surface area (TPSA) is 105 Å². The van der Waals surface area contributed by atoms with Gasteiger partial charge in [-0.05, 0) is 51.8 Å². The van der Waals surface area contributed by atoms with Crippen molar-refractivity contribution in [2.75, 3.05) is 30.8 Å². The molecule has 0 saturated carbocycles. The molecule has 1 aliphatic rings. The molecule has 10 nitrogen and oxygen atoms in total. The third kappa shape index (κ3) is 3.82. The lowest BCUT2D eigenvalue weighted by Gasteiger charge is -2.31. The molecule has 0 bridgehead atoms. The van der Waals surface area contributed by atoms with Crippen molar-refractivity contribution >= 4 is 34.4 Å². The summed E-state index contributed by atoms with van der Waals surface area (Å²) < 4.78 is 4.00. The number of aryl methyl sites for hydroxylation is 1. The van der Waals surface area contributed by atoms with Crippen LogP contribution in [0.5, 0.6) is 0 Å². The lowest BCUT2D eigenvalue weighted by atomic mass is 10.1. The molecule has 4 aromatic heterocycles. The van der Waals surface area contributed by atoms with Crippen LogP contribution >= 0.6 is 0 Å². The minimum Gasteiger partial charge on any atom is -0.371 e. The molecule has 5 heterocycles. The predicted molar refractivity (Wildman–Crippen MR) is 133 cm³/mol. The molecule has 1 fully saturated rings. The number of hydrogen-bond acceptors (Lipinski definition) is 7. The van der Waals surface area contributed by atoms with Gasteiger partial charge in [0, 0.05) is 50.9 Å². The highest BCUT2D eigenvalue weighted by Gasteiger charge is 2.22. The number of nitrogens with one attached hydrogen (secondary N) is 2. The third-order valence-electron chi connectivity index (χ3n) is 6.53. The Morgan fingerprint density at radius 1 is 1.12 bits per heavy atom. The van der Waals surface area contributed by atoms with Gasteiger partial charge in [-0.3, -0.25) is 4.79 Å². The fourth-order valence-corrected chi connectivity index (χ4v) is 4.84. The van der Waals surface area contributed by atoms with Crippen LogP contribution in [0.2, 0.25) is 0 Å². The lowest BCUT2D eigenvalue weighted by Crippen LogP contribution is -2.41. The fourth-order valence-electron chi connectivity index (χ4n) is 4.84. The summed E-state index contributed by atoms with van der Waals surface area (Å²) in [5.74, 6) is 2.39. The minimum absolute atomic E-state index is 0.131. The SMILES string of the molecule is CNc1nc(NC2CCN(C(C)=O)CC2)nn2ccc(-c3ccc4nc(C)n(C(C)C)c4n3)c12. The van der Waals surface area contributed by atoms with Gasteiger partial charge in [-0.25, -0.2) is 14.5 Å². The van der Waals surface area contributed by atoms with E-state index in [0.29, 0.717) is 5.95 Å². The highest BCUT2D eigenvalue weighted by molar-refractivity contribution is 5.89. The van der Waals surface area contributed by atoms with Crippen LogP contribution in [0.1, 0.15) is 45.5 Å². The van der Waals surface area contributed by atoms with Gasteiger partial charge in [-0.2, -0.15) is 4.98 Å². The normalized spacial score (nSPS) is 14.9. The van der Waals surface area contributed by atoms with E-state index in [2.05, 4.69) is 34.0 Å². The van der Waals surface area contributed by atoms with Gasteiger partial charge in [0.25, 0.3) is 0 Å². The number of piperidine rings is 1. The van der Waals surface area contributed by atoms with E-state index >= 15 is 0 Å². The maximum absolute atomic E-state index is 11.6. The zero-order chi connectivity index (χ0) is 24.0. The third-order valence-corrected chi connectivity index (χ3v) is 6.53. The van der Waals surface area contributed by atoms with Crippen LogP contribution in [-0.4, -0.2) is 66.1 Å². The molecule has 4 aromatic rings. The number of imidazole rings is 1. The van der Waals surface area contributed by atoms with Gasteiger partial charge in [0.05, 0.1) is 5.69 Å². The van der Waals surface area contributed by atoms with Crippen molar-refractivity contribution in [1.29, 1.82) is 0 Å². The molecule has 1 saturated heterocycles. The summed E-state index contributed by atoms with van der Waals surface area (Å²) in [7, 11) is 1.86. The van der Waals surface area contributed by atoms with Crippen LogP contribution in [0.4, 0.5) is 11.8 Å². The Kier molecular flexibility index (Phi) is 5.59. The number of aromatic nitrogens is 6. The number of fused-ring (bicyclic) bond motifs is 2. The molecule has 34 heavy (non-hydrogen) atoms. The van der Waals surface area contributed by atoms with E-state index in [9.17, 15) is 4.79 Å². The van der Waals surface area contributed by atoms with E-state index in [-0.39, 0.29) is 18.0 Å². The average Bonchev–Trinajstić information content (AvgIpc) is 3.38. The molecular formula is C24H31N9O. The molecular weight excluding hydrogens is 430 g/mol. The Labute approximate surface area is 198 Å². The van der Waals surface area contributed by atoms with E-state index in [4.69, 9.17) is 15.1 Å². The summed E-state index contributed by atoms with van der Waals surface area (Å²) >= 11 is 0. The molecule has 0 aliphatic carbocycles.